The number of aromatic nitrogens is 1. The molecule has 1 aromatic heterocycles. The number of benzene rings is 1. The lowest BCUT2D eigenvalue weighted by Gasteiger charge is -2.33. The molecule has 1 aliphatic heterocycles. The third-order valence-electron chi connectivity index (χ3n) is 4.31. The van der Waals surface area contributed by atoms with Crippen molar-refractivity contribution in [3.8, 4) is 0 Å². The molecule has 0 atom stereocenters. The minimum absolute atomic E-state index is 0.134. The van der Waals surface area contributed by atoms with Gasteiger partial charge < -0.3 is 10.2 Å². The van der Waals surface area contributed by atoms with Crippen molar-refractivity contribution < 1.29 is 18.0 Å². The summed E-state index contributed by atoms with van der Waals surface area (Å²) in [5.74, 6) is -0.605. The first-order valence-electron chi connectivity index (χ1n) is 8.20. The van der Waals surface area contributed by atoms with Crippen LogP contribution in [0, 0.1) is 0 Å². The Labute approximate surface area is 151 Å². The molecule has 9 heteroatoms. The lowest BCUT2D eigenvalue weighted by Crippen LogP contribution is -2.52. The second-order valence-electron chi connectivity index (χ2n) is 6.14. The van der Waals surface area contributed by atoms with Gasteiger partial charge in [0.25, 0.3) is 5.91 Å². The van der Waals surface area contributed by atoms with E-state index in [1.165, 1.54) is 10.5 Å². The highest BCUT2D eigenvalue weighted by Crippen LogP contribution is 2.12. The maximum Gasteiger partial charge on any atom is 0.253 e. The number of amides is 2. The number of hydrogen-bond acceptors (Lipinski definition) is 5. The van der Waals surface area contributed by atoms with E-state index in [-0.39, 0.29) is 31.4 Å². The van der Waals surface area contributed by atoms with E-state index >= 15 is 0 Å². The van der Waals surface area contributed by atoms with Gasteiger partial charge in [-0.15, -0.1) is 0 Å². The lowest BCUT2D eigenvalue weighted by molar-refractivity contribution is -0.131. The molecule has 3 rings (SSSR count). The molecule has 0 saturated carbocycles. The standard InChI is InChI=1S/C17H20N4O4S/c1-26(24,25)21-8-6-20(7-9-21)16(22)12-19-17(23)14-10-13-4-2-3-5-15(13)18-11-14/h2-5,10-11H,6-9,12H2,1H3,(H,19,23). The minimum Gasteiger partial charge on any atom is -0.343 e. The van der Waals surface area contributed by atoms with Gasteiger partial charge in [-0.25, -0.2) is 8.42 Å². The zero-order valence-corrected chi connectivity index (χ0v) is 15.2. The third kappa shape index (κ3) is 4.17. The van der Waals surface area contributed by atoms with Crippen LogP contribution in [-0.4, -0.2) is 73.4 Å². The number of fused-ring (bicyclic) bond motifs is 1. The van der Waals surface area contributed by atoms with Crippen molar-refractivity contribution in [2.75, 3.05) is 39.0 Å². The van der Waals surface area contributed by atoms with Gasteiger partial charge in [0, 0.05) is 37.8 Å². The highest BCUT2D eigenvalue weighted by atomic mass is 32.2. The molecular weight excluding hydrogens is 356 g/mol. The molecule has 1 aliphatic rings. The predicted octanol–water partition coefficient (Wildman–Crippen LogP) is 0.0684. The van der Waals surface area contributed by atoms with Crippen LogP contribution in [0.15, 0.2) is 36.5 Å². The number of piperazine rings is 1. The normalized spacial score (nSPS) is 15.8. The summed E-state index contributed by atoms with van der Waals surface area (Å²) in [6.45, 7) is 1.05. The highest BCUT2D eigenvalue weighted by molar-refractivity contribution is 7.88. The van der Waals surface area contributed by atoms with Crippen molar-refractivity contribution in [1.29, 1.82) is 0 Å². The van der Waals surface area contributed by atoms with Gasteiger partial charge in [0.1, 0.15) is 0 Å². The van der Waals surface area contributed by atoms with E-state index in [2.05, 4.69) is 10.3 Å². The molecule has 0 aliphatic carbocycles. The summed E-state index contributed by atoms with van der Waals surface area (Å²) in [4.78, 5) is 30.3. The summed E-state index contributed by atoms with van der Waals surface area (Å²) in [6.07, 6.45) is 2.63. The molecule has 1 N–H and O–H groups in total. The van der Waals surface area contributed by atoms with E-state index in [4.69, 9.17) is 0 Å². The van der Waals surface area contributed by atoms with Crippen LogP contribution < -0.4 is 5.32 Å². The molecule has 2 heterocycles. The quantitative estimate of drug-likeness (QED) is 0.814. The largest absolute Gasteiger partial charge is 0.343 e. The first-order chi connectivity index (χ1) is 12.3. The predicted molar refractivity (Wildman–Crippen MR) is 97.1 cm³/mol. The van der Waals surface area contributed by atoms with Gasteiger partial charge in [-0.2, -0.15) is 4.31 Å². The molecule has 138 valence electrons. The second kappa shape index (κ2) is 7.38. The van der Waals surface area contributed by atoms with Gasteiger partial charge in [-0.1, -0.05) is 18.2 Å². The van der Waals surface area contributed by atoms with E-state index in [9.17, 15) is 18.0 Å². The number of nitrogens with zero attached hydrogens (tertiary/aromatic N) is 3. The number of carbonyl (C=O) groups excluding carboxylic acids is 2. The maximum atomic E-state index is 12.2. The van der Waals surface area contributed by atoms with E-state index in [0.29, 0.717) is 18.7 Å². The molecular formula is C17H20N4O4S. The number of sulfonamides is 1. The lowest BCUT2D eigenvalue weighted by atomic mass is 10.1. The Hall–Kier alpha value is -2.52. The molecule has 26 heavy (non-hydrogen) atoms. The molecule has 0 spiro atoms. The number of nitrogens with one attached hydrogen (secondary N) is 1. The number of pyridine rings is 1. The second-order valence-corrected chi connectivity index (χ2v) is 8.12. The molecule has 2 aromatic rings. The van der Waals surface area contributed by atoms with Crippen molar-refractivity contribution >= 4 is 32.7 Å². The maximum absolute atomic E-state index is 12.2. The smallest absolute Gasteiger partial charge is 0.253 e. The Balaban J connectivity index is 1.55. The van der Waals surface area contributed by atoms with Crippen LogP contribution in [-0.2, 0) is 14.8 Å². The molecule has 1 aromatic carbocycles. The van der Waals surface area contributed by atoms with E-state index < -0.39 is 10.0 Å². The topological polar surface area (TPSA) is 99.7 Å². The average Bonchev–Trinajstić information content (AvgIpc) is 2.64. The van der Waals surface area contributed by atoms with Crippen LogP contribution in [0.3, 0.4) is 0 Å². The third-order valence-corrected chi connectivity index (χ3v) is 5.62. The van der Waals surface area contributed by atoms with Crippen LogP contribution in [0.5, 0.6) is 0 Å². The molecule has 2 amide bonds. The summed E-state index contributed by atoms with van der Waals surface area (Å²) in [6, 6.07) is 9.19. The van der Waals surface area contributed by atoms with Gasteiger partial charge in [0.2, 0.25) is 15.9 Å². The van der Waals surface area contributed by atoms with Crippen molar-refractivity contribution in [1.82, 2.24) is 19.5 Å². The van der Waals surface area contributed by atoms with Crippen LogP contribution in [0.4, 0.5) is 0 Å². The SMILES string of the molecule is CS(=O)(=O)N1CCN(C(=O)CNC(=O)c2cnc3ccccc3c2)CC1. The molecule has 0 unspecified atom stereocenters. The Morgan fingerprint density at radius 2 is 1.85 bits per heavy atom. The van der Waals surface area contributed by atoms with Gasteiger partial charge in [0.15, 0.2) is 0 Å². The monoisotopic (exact) mass is 376 g/mol. The van der Waals surface area contributed by atoms with E-state index in [1.807, 2.05) is 24.3 Å². The Morgan fingerprint density at radius 1 is 1.15 bits per heavy atom. The van der Waals surface area contributed by atoms with Gasteiger partial charge in [-0.05, 0) is 12.1 Å². The zero-order chi connectivity index (χ0) is 18.7. The Morgan fingerprint density at radius 3 is 2.54 bits per heavy atom. The zero-order valence-electron chi connectivity index (χ0n) is 14.4. The average molecular weight is 376 g/mol. The Kier molecular flexibility index (Phi) is 5.19. The van der Waals surface area contributed by atoms with Gasteiger partial charge in [-0.3, -0.25) is 14.6 Å². The van der Waals surface area contributed by atoms with Crippen molar-refractivity contribution in [3.05, 3.63) is 42.1 Å². The molecule has 1 fully saturated rings. The van der Waals surface area contributed by atoms with Gasteiger partial charge in [0.05, 0.1) is 23.9 Å². The number of rotatable bonds is 4. The van der Waals surface area contributed by atoms with Crippen LogP contribution in [0.1, 0.15) is 10.4 Å². The van der Waals surface area contributed by atoms with Crippen LogP contribution in [0.25, 0.3) is 10.9 Å². The summed E-state index contributed by atoms with van der Waals surface area (Å²) in [7, 11) is -3.24. The highest BCUT2D eigenvalue weighted by Gasteiger charge is 2.26. The summed E-state index contributed by atoms with van der Waals surface area (Å²) < 4.78 is 24.3. The molecule has 0 bridgehead atoms. The van der Waals surface area contributed by atoms with Crippen LogP contribution >= 0.6 is 0 Å². The summed E-state index contributed by atoms with van der Waals surface area (Å²) in [5.41, 5.74) is 1.18. The van der Waals surface area contributed by atoms with E-state index in [1.54, 1.807) is 11.0 Å². The van der Waals surface area contributed by atoms with Crippen molar-refractivity contribution in [2.45, 2.75) is 0 Å². The fourth-order valence-corrected chi connectivity index (χ4v) is 3.66. The first kappa shape index (κ1) is 18.3. The van der Waals surface area contributed by atoms with Crippen molar-refractivity contribution in [2.24, 2.45) is 0 Å². The summed E-state index contributed by atoms with van der Waals surface area (Å²) >= 11 is 0. The van der Waals surface area contributed by atoms with Crippen molar-refractivity contribution in [3.63, 3.8) is 0 Å². The fraction of sp³-hybridized carbons (Fsp3) is 0.353. The van der Waals surface area contributed by atoms with Crippen LogP contribution in [0.2, 0.25) is 0 Å². The Bertz CT molecular complexity index is 937. The minimum atomic E-state index is -3.24. The molecule has 8 nitrogen and oxygen atoms in total. The first-order valence-corrected chi connectivity index (χ1v) is 10.1. The number of hydrogen-bond donors (Lipinski definition) is 1. The fourth-order valence-electron chi connectivity index (χ4n) is 2.83. The number of carbonyl (C=O) groups is 2. The molecule has 1 saturated heterocycles. The van der Waals surface area contributed by atoms with Gasteiger partial charge >= 0.3 is 0 Å². The van der Waals surface area contributed by atoms with E-state index in [0.717, 1.165) is 17.2 Å². The summed E-state index contributed by atoms with van der Waals surface area (Å²) in [5, 5.41) is 3.45. The number of para-hydroxylation sites is 1. The molecule has 0 radical (unpaired) electrons.